The summed E-state index contributed by atoms with van der Waals surface area (Å²) < 4.78 is 5.80. The molecule has 2 aromatic rings. The molecule has 2 rings (SSSR count). The largest absolute Gasteiger partial charge is 0.550 e. The highest BCUT2D eigenvalue weighted by atomic mass is 32.1. The molecule has 0 aliphatic heterocycles. The van der Waals surface area contributed by atoms with Crippen molar-refractivity contribution in [1.82, 2.24) is 4.98 Å². The van der Waals surface area contributed by atoms with Gasteiger partial charge in [0, 0.05) is 17.8 Å². The van der Waals surface area contributed by atoms with Gasteiger partial charge in [0.1, 0.15) is 12.4 Å². The molecule has 22 heavy (non-hydrogen) atoms. The lowest BCUT2D eigenvalue weighted by atomic mass is 10.1. The Hall–Kier alpha value is -2.08. The van der Waals surface area contributed by atoms with Gasteiger partial charge in [0.05, 0.1) is 12.2 Å². The summed E-state index contributed by atoms with van der Waals surface area (Å²) >= 11 is 1.38. The first-order valence-corrected chi connectivity index (χ1v) is 7.92. The van der Waals surface area contributed by atoms with Crippen LogP contribution >= 0.6 is 11.3 Å². The minimum atomic E-state index is -1.12. The first kappa shape index (κ1) is 16.3. The van der Waals surface area contributed by atoms with E-state index in [9.17, 15) is 9.90 Å². The fourth-order valence-electron chi connectivity index (χ4n) is 2.09. The van der Waals surface area contributed by atoms with Crippen molar-refractivity contribution in [2.75, 3.05) is 18.5 Å². The highest BCUT2D eigenvalue weighted by molar-refractivity contribution is 7.13. The van der Waals surface area contributed by atoms with Crippen LogP contribution in [-0.2, 0) is 11.2 Å². The summed E-state index contributed by atoms with van der Waals surface area (Å²) in [6.45, 7) is 7.28. The van der Waals surface area contributed by atoms with Crippen LogP contribution in [0.2, 0.25) is 0 Å². The van der Waals surface area contributed by atoms with Gasteiger partial charge in [-0.25, -0.2) is 4.98 Å². The molecular formula is C16H19N2O3S-. The smallest absolute Gasteiger partial charge is 0.182 e. The molecule has 1 N–H and O–H groups in total. The van der Waals surface area contributed by atoms with E-state index in [1.54, 1.807) is 5.38 Å². The van der Waals surface area contributed by atoms with E-state index in [1.807, 2.05) is 19.9 Å². The van der Waals surface area contributed by atoms with Crippen LogP contribution in [0.3, 0.4) is 0 Å². The van der Waals surface area contributed by atoms with Crippen molar-refractivity contribution >= 4 is 22.4 Å². The fraction of sp³-hybridized carbons (Fsp3) is 0.375. The Morgan fingerprint density at radius 3 is 2.86 bits per heavy atom. The van der Waals surface area contributed by atoms with E-state index in [1.165, 1.54) is 22.5 Å². The number of carbonyl (C=O) groups is 1. The number of rotatable bonds is 7. The van der Waals surface area contributed by atoms with Crippen molar-refractivity contribution < 1.29 is 14.6 Å². The number of hydrogen-bond donors (Lipinski definition) is 1. The third-order valence-electron chi connectivity index (χ3n) is 3.28. The van der Waals surface area contributed by atoms with E-state index in [0.717, 1.165) is 11.3 Å². The normalized spacial score (nSPS) is 10.5. The van der Waals surface area contributed by atoms with Gasteiger partial charge in [0.15, 0.2) is 5.13 Å². The number of nitrogens with one attached hydrogen (secondary N) is 1. The molecule has 118 valence electrons. The van der Waals surface area contributed by atoms with E-state index in [0.29, 0.717) is 24.0 Å². The highest BCUT2D eigenvalue weighted by Crippen LogP contribution is 2.23. The standard InChI is InChI=1S/C16H20N2O3S/c1-10-6-11(2)12(3)14(7-10)21-5-4-17-16-18-13(9-22-16)8-15(19)20/h6-7,9H,4-5,8H2,1-3H3,(H,17,18)(H,19,20)/p-1. The number of ether oxygens (including phenoxy) is 1. The van der Waals surface area contributed by atoms with Gasteiger partial charge in [-0.15, -0.1) is 11.3 Å². The number of aryl methyl sites for hydroxylation is 2. The number of aliphatic carboxylic acids is 1. The molecule has 0 spiro atoms. The first-order valence-electron chi connectivity index (χ1n) is 7.04. The zero-order chi connectivity index (χ0) is 16.1. The Bertz CT molecular complexity index is 667. The number of hydrogen-bond acceptors (Lipinski definition) is 6. The van der Waals surface area contributed by atoms with Crippen LogP contribution in [0.1, 0.15) is 22.4 Å². The van der Waals surface area contributed by atoms with E-state index in [2.05, 4.69) is 23.3 Å². The Morgan fingerprint density at radius 1 is 1.36 bits per heavy atom. The SMILES string of the molecule is Cc1cc(C)c(C)c(OCCNc2nc(CC(=O)[O-])cs2)c1. The summed E-state index contributed by atoms with van der Waals surface area (Å²) in [5.41, 5.74) is 4.06. The zero-order valence-electron chi connectivity index (χ0n) is 12.9. The van der Waals surface area contributed by atoms with Crippen molar-refractivity contribution in [2.45, 2.75) is 27.2 Å². The Balaban J connectivity index is 1.82. The topological polar surface area (TPSA) is 74.3 Å². The Labute approximate surface area is 134 Å². The summed E-state index contributed by atoms with van der Waals surface area (Å²) in [5, 5.41) is 16.0. The van der Waals surface area contributed by atoms with Crippen molar-refractivity contribution in [3.8, 4) is 5.75 Å². The van der Waals surface area contributed by atoms with Crippen LogP contribution < -0.4 is 15.2 Å². The second kappa shape index (κ2) is 7.26. The summed E-state index contributed by atoms with van der Waals surface area (Å²) in [4.78, 5) is 14.7. The van der Waals surface area contributed by atoms with Crippen molar-refractivity contribution in [2.24, 2.45) is 0 Å². The summed E-state index contributed by atoms with van der Waals surface area (Å²) in [7, 11) is 0. The van der Waals surface area contributed by atoms with Gasteiger partial charge in [-0.05, 0) is 43.5 Å². The molecule has 0 amide bonds. The van der Waals surface area contributed by atoms with E-state index >= 15 is 0 Å². The number of carboxylic acids is 1. The zero-order valence-corrected chi connectivity index (χ0v) is 13.8. The number of anilines is 1. The molecule has 1 aromatic carbocycles. The summed E-state index contributed by atoms with van der Waals surface area (Å²) in [6, 6.07) is 4.17. The van der Waals surface area contributed by atoms with Crippen LogP contribution in [-0.4, -0.2) is 24.1 Å². The monoisotopic (exact) mass is 319 g/mol. The lowest BCUT2D eigenvalue weighted by molar-refractivity contribution is -0.304. The van der Waals surface area contributed by atoms with Crippen LogP contribution in [0.4, 0.5) is 5.13 Å². The molecular weight excluding hydrogens is 300 g/mol. The van der Waals surface area contributed by atoms with Gasteiger partial charge in [-0.2, -0.15) is 0 Å². The highest BCUT2D eigenvalue weighted by Gasteiger charge is 2.05. The predicted molar refractivity (Wildman–Crippen MR) is 85.5 cm³/mol. The van der Waals surface area contributed by atoms with Crippen LogP contribution in [0, 0.1) is 20.8 Å². The molecule has 0 fully saturated rings. The van der Waals surface area contributed by atoms with Crippen molar-refractivity contribution in [3.63, 3.8) is 0 Å². The summed E-state index contributed by atoms with van der Waals surface area (Å²) in [6.07, 6.45) is -0.156. The molecule has 1 heterocycles. The van der Waals surface area contributed by atoms with Crippen LogP contribution in [0.25, 0.3) is 0 Å². The van der Waals surface area contributed by atoms with Gasteiger partial charge < -0.3 is 20.0 Å². The second-order valence-electron chi connectivity index (χ2n) is 5.17. The molecule has 0 aliphatic rings. The number of aromatic nitrogens is 1. The lowest BCUT2D eigenvalue weighted by Gasteiger charge is -2.12. The van der Waals surface area contributed by atoms with Crippen molar-refractivity contribution in [3.05, 3.63) is 39.9 Å². The van der Waals surface area contributed by atoms with E-state index < -0.39 is 5.97 Å². The average Bonchev–Trinajstić information content (AvgIpc) is 2.86. The molecule has 0 saturated carbocycles. The molecule has 0 atom stereocenters. The average molecular weight is 319 g/mol. The molecule has 0 saturated heterocycles. The van der Waals surface area contributed by atoms with E-state index in [4.69, 9.17) is 4.74 Å². The maximum Gasteiger partial charge on any atom is 0.182 e. The predicted octanol–water partition coefficient (Wildman–Crippen LogP) is 1.85. The maximum absolute atomic E-state index is 10.5. The van der Waals surface area contributed by atoms with Gasteiger partial charge in [0.25, 0.3) is 0 Å². The van der Waals surface area contributed by atoms with Gasteiger partial charge in [-0.3, -0.25) is 0 Å². The number of carbonyl (C=O) groups excluding carboxylic acids is 1. The Kier molecular flexibility index (Phi) is 5.38. The van der Waals surface area contributed by atoms with Crippen molar-refractivity contribution in [1.29, 1.82) is 0 Å². The minimum absolute atomic E-state index is 0.156. The Morgan fingerprint density at radius 2 is 2.14 bits per heavy atom. The molecule has 0 aliphatic carbocycles. The third-order valence-corrected chi connectivity index (χ3v) is 4.13. The van der Waals surface area contributed by atoms with Crippen LogP contribution in [0.5, 0.6) is 5.75 Å². The lowest BCUT2D eigenvalue weighted by Crippen LogP contribution is -2.24. The molecule has 0 bridgehead atoms. The van der Waals surface area contributed by atoms with E-state index in [-0.39, 0.29) is 6.42 Å². The fourth-order valence-corrected chi connectivity index (χ4v) is 2.83. The van der Waals surface area contributed by atoms with Gasteiger partial charge in [0.2, 0.25) is 0 Å². The molecule has 5 nitrogen and oxygen atoms in total. The van der Waals surface area contributed by atoms with Gasteiger partial charge >= 0.3 is 0 Å². The minimum Gasteiger partial charge on any atom is -0.550 e. The molecule has 0 radical (unpaired) electrons. The number of benzene rings is 1. The third kappa shape index (κ3) is 4.46. The molecule has 1 aromatic heterocycles. The number of carboxylic acid groups (broad SMARTS) is 1. The molecule has 0 unspecified atom stereocenters. The maximum atomic E-state index is 10.5. The number of thiazole rings is 1. The number of nitrogens with zero attached hydrogens (tertiary/aromatic N) is 1. The quantitative estimate of drug-likeness (QED) is 0.788. The van der Waals surface area contributed by atoms with Gasteiger partial charge in [-0.1, -0.05) is 6.07 Å². The second-order valence-corrected chi connectivity index (χ2v) is 6.03. The van der Waals surface area contributed by atoms with Crippen LogP contribution in [0.15, 0.2) is 17.5 Å². The molecule has 6 heteroatoms. The summed E-state index contributed by atoms with van der Waals surface area (Å²) in [5.74, 6) is -0.221. The first-order chi connectivity index (χ1) is 10.5.